The molecule has 0 saturated carbocycles. The molecule has 3 fully saturated rings. The molecule has 3 saturated heterocycles. The van der Waals surface area contributed by atoms with Crippen molar-refractivity contribution in [2.75, 3.05) is 39.8 Å². The fourth-order valence-electron chi connectivity index (χ4n) is 5.62. The second-order valence-electron chi connectivity index (χ2n) is 9.82. The summed E-state index contributed by atoms with van der Waals surface area (Å²) in [6.07, 6.45) is 2.38. The maximum Gasteiger partial charge on any atom is 0.305 e. The van der Waals surface area contributed by atoms with Crippen LogP contribution >= 0.6 is 11.6 Å². The molecule has 0 radical (unpaired) electrons. The van der Waals surface area contributed by atoms with Gasteiger partial charge in [-0.2, -0.15) is 4.31 Å². The molecule has 5 rings (SSSR count). The number of sulfonamides is 1. The Labute approximate surface area is 215 Å². The monoisotopic (exact) mass is 535 g/mol. The van der Waals surface area contributed by atoms with Crippen molar-refractivity contribution in [1.82, 2.24) is 14.5 Å². The van der Waals surface area contributed by atoms with E-state index in [9.17, 15) is 18.0 Å². The second-order valence-corrected chi connectivity index (χ2v) is 12.2. The highest BCUT2D eigenvalue weighted by Crippen LogP contribution is 2.45. The first kappa shape index (κ1) is 25.4. The molecule has 2 aromatic carbocycles. The fraction of sp³-hybridized carbons (Fsp3) is 0.520. The number of rotatable bonds is 6. The molecule has 0 aromatic heterocycles. The molecule has 1 unspecified atom stereocenters. The van der Waals surface area contributed by atoms with Gasteiger partial charge in [-0.25, -0.2) is 8.42 Å². The van der Waals surface area contributed by atoms with Crippen LogP contribution < -0.4 is 5.32 Å². The molecular weight excluding hydrogens is 506 g/mol. The van der Waals surface area contributed by atoms with Crippen LogP contribution in [0.25, 0.3) is 10.8 Å². The van der Waals surface area contributed by atoms with Gasteiger partial charge in [-0.3, -0.25) is 9.59 Å². The van der Waals surface area contributed by atoms with Gasteiger partial charge in [0.25, 0.3) is 0 Å². The largest absolute Gasteiger partial charge is 0.469 e. The number of halogens is 1. The highest BCUT2D eigenvalue weighted by molar-refractivity contribution is 7.89. The lowest BCUT2D eigenvalue weighted by Gasteiger charge is -2.45. The predicted octanol–water partition coefficient (Wildman–Crippen LogP) is 2.52. The first-order valence-electron chi connectivity index (χ1n) is 12.1. The van der Waals surface area contributed by atoms with E-state index in [1.54, 1.807) is 41.3 Å². The zero-order chi connectivity index (χ0) is 25.6. The maximum absolute atomic E-state index is 13.8. The standard InChI is InChI=1S/C25H30ClN3O6S/c1-34-23(31)3-2-8-25-17-28(15-22(30)29(25)16-24(35-25)9-11-27-12-10-24)36(32,33)21-7-5-18-13-20(26)6-4-19(18)14-21/h4-7,13-14,27H,2-3,8-12,15-17H2,1H3. The third kappa shape index (κ3) is 4.61. The first-order chi connectivity index (χ1) is 17.2. The van der Waals surface area contributed by atoms with Crippen LogP contribution in [0.1, 0.15) is 32.1 Å². The van der Waals surface area contributed by atoms with E-state index in [1.807, 2.05) is 0 Å². The van der Waals surface area contributed by atoms with Gasteiger partial charge < -0.3 is 19.7 Å². The Hall–Kier alpha value is -2.24. The number of ether oxygens (including phenoxy) is 2. The molecule has 1 spiro atoms. The molecular formula is C25H30ClN3O6S. The maximum atomic E-state index is 13.8. The zero-order valence-electron chi connectivity index (χ0n) is 20.2. The number of esters is 1. The average Bonchev–Trinajstić information content (AvgIpc) is 3.17. The number of piperazine rings is 1. The number of amides is 1. The smallest absolute Gasteiger partial charge is 0.305 e. The van der Waals surface area contributed by atoms with Crippen LogP contribution in [0.4, 0.5) is 0 Å². The van der Waals surface area contributed by atoms with Crippen molar-refractivity contribution in [1.29, 1.82) is 0 Å². The summed E-state index contributed by atoms with van der Waals surface area (Å²) in [4.78, 5) is 27.0. The van der Waals surface area contributed by atoms with Gasteiger partial charge >= 0.3 is 5.97 Å². The topological polar surface area (TPSA) is 105 Å². The molecule has 0 aliphatic carbocycles. The Kier molecular flexibility index (Phi) is 6.76. The quantitative estimate of drug-likeness (QED) is 0.567. The van der Waals surface area contributed by atoms with Crippen molar-refractivity contribution in [2.45, 2.75) is 48.3 Å². The Morgan fingerprint density at radius 3 is 2.61 bits per heavy atom. The Bertz CT molecular complexity index is 1300. The molecule has 1 N–H and O–H groups in total. The van der Waals surface area contributed by atoms with Crippen LogP contribution in [-0.2, 0) is 29.1 Å². The lowest BCUT2D eigenvalue weighted by molar-refractivity contribution is -0.181. The normalized spacial score (nSPS) is 24.3. The van der Waals surface area contributed by atoms with Gasteiger partial charge in [0.2, 0.25) is 15.9 Å². The summed E-state index contributed by atoms with van der Waals surface area (Å²) in [6.45, 7) is 1.72. The number of methoxy groups -OCH3 is 1. The summed E-state index contributed by atoms with van der Waals surface area (Å²) in [6, 6.07) is 10.1. The van der Waals surface area contributed by atoms with Gasteiger partial charge in [-0.05, 0) is 73.8 Å². The number of nitrogens with zero attached hydrogens (tertiary/aromatic N) is 2. The average molecular weight is 536 g/mol. The number of hydrogen-bond acceptors (Lipinski definition) is 7. The number of hydrogen-bond donors (Lipinski definition) is 1. The van der Waals surface area contributed by atoms with Crippen LogP contribution in [-0.4, -0.2) is 80.7 Å². The van der Waals surface area contributed by atoms with Gasteiger partial charge in [0.15, 0.2) is 5.72 Å². The number of carbonyl (C=O) groups excluding carboxylic acids is 2. The molecule has 9 nitrogen and oxygen atoms in total. The Morgan fingerprint density at radius 1 is 1.14 bits per heavy atom. The summed E-state index contributed by atoms with van der Waals surface area (Å²) in [5.41, 5.74) is -1.65. The van der Waals surface area contributed by atoms with E-state index < -0.39 is 21.3 Å². The minimum atomic E-state index is -3.99. The molecule has 0 bridgehead atoms. The van der Waals surface area contributed by atoms with Gasteiger partial charge in [-0.1, -0.05) is 23.7 Å². The molecule has 3 aliphatic rings. The summed E-state index contributed by atoms with van der Waals surface area (Å²) in [5.74, 6) is -0.638. The molecule has 36 heavy (non-hydrogen) atoms. The van der Waals surface area contributed by atoms with E-state index in [1.165, 1.54) is 11.4 Å². The van der Waals surface area contributed by atoms with E-state index in [0.717, 1.165) is 36.7 Å². The lowest BCUT2D eigenvalue weighted by Crippen LogP contribution is -2.63. The SMILES string of the molecule is COC(=O)CCCC12CN(S(=O)(=O)c3ccc4cc(Cl)ccc4c3)CC(=O)N1CC1(CCNCC1)O2. The van der Waals surface area contributed by atoms with Crippen LogP contribution in [0, 0.1) is 0 Å². The van der Waals surface area contributed by atoms with Crippen LogP contribution in [0.3, 0.4) is 0 Å². The highest BCUT2D eigenvalue weighted by Gasteiger charge is 2.59. The van der Waals surface area contributed by atoms with Gasteiger partial charge in [-0.15, -0.1) is 0 Å². The first-order valence-corrected chi connectivity index (χ1v) is 14.0. The van der Waals surface area contributed by atoms with Crippen LogP contribution in [0.5, 0.6) is 0 Å². The second kappa shape index (κ2) is 9.57. The highest BCUT2D eigenvalue weighted by atomic mass is 35.5. The Balaban J connectivity index is 1.47. The Morgan fingerprint density at radius 2 is 1.86 bits per heavy atom. The molecule has 2 aromatic rings. The number of nitrogens with one attached hydrogen (secondary N) is 1. The molecule has 1 amide bonds. The number of carbonyl (C=O) groups is 2. The van der Waals surface area contributed by atoms with Crippen LogP contribution in [0.2, 0.25) is 5.02 Å². The van der Waals surface area contributed by atoms with Crippen molar-refractivity contribution in [3.8, 4) is 0 Å². The van der Waals surface area contributed by atoms with E-state index in [2.05, 4.69) is 5.32 Å². The van der Waals surface area contributed by atoms with E-state index in [4.69, 9.17) is 21.1 Å². The lowest BCUT2D eigenvalue weighted by atomic mass is 9.92. The zero-order valence-corrected chi connectivity index (χ0v) is 21.7. The third-order valence-corrected chi connectivity index (χ3v) is 9.51. The summed E-state index contributed by atoms with van der Waals surface area (Å²) < 4.78 is 40.2. The van der Waals surface area contributed by atoms with E-state index in [-0.39, 0.29) is 36.3 Å². The van der Waals surface area contributed by atoms with Crippen molar-refractivity contribution in [3.63, 3.8) is 0 Å². The molecule has 3 aliphatic heterocycles. The number of benzene rings is 2. The third-order valence-electron chi connectivity index (χ3n) is 7.48. The van der Waals surface area contributed by atoms with Gasteiger partial charge in [0.1, 0.15) is 0 Å². The summed E-state index contributed by atoms with van der Waals surface area (Å²) in [7, 11) is -2.66. The fourth-order valence-corrected chi connectivity index (χ4v) is 7.26. The van der Waals surface area contributed by atoms with Crippen molar-refractivity contribution < 1.29 is 27.5 Å². The molecule has 194 valence electrons. The molecule has 11 heteroatoms. The minimum absolute atomic E-state index is 0.01000. The summed E-state index contributed by atoms with van der Waals surface area (Å²) in [5, 5.41) is 5.46. The predicted molar refractivity (Wildman–Crippen MR) is 134 cm³/mol. The van der Waals surface area contributed by atoms with E-state index in [0.29, 0.717) is 24.4 Å². The molecule has 3 heterocycles. The van der Waals surface area contributed by atoms with Crippen molar-refractivity contribution >= 4 is 44.3 Å². The van der Waals surface area contributed by atoms with Crippen molar-refractivity contribution in [2.24, 2.45) is 0 Å². The van der Waals surface area contributed by atoms with Crippen molar-refractivity contribution in [3.05, 3.63) is 41.4 Å². The molecule has 1 atom stereocenters. The van der Waals surface area contributed by atoms with Gasteiger partial charge in [0.05, 0.1) is 37.2 Å². The minimum Gasteiger partial charge on any atom is -0.469 e. The summed E-state index contributed by atoms with van der Waals surface area (Å²) >= 11 is 6.07. The van der Waals surface area contributed by atoms with Crippen LogP contribution in [0.15, 0.2) is 41.3 Å². The number of fused-ring (bicyclic) bond motifs is 2. The number of piperidine rings is 1. The van der Waals surface area contributed by atoms with Gasteiger partial charge in [0, 0.05) is 11.4 Å². The van der Waals surface area contributed by atoms with E-state index >= 15 is 0 Å².